The molecule has 0 aliphatic rings. The Hall–Kier alpha value is -1.35. The van der Waals surface area contributed by atoms with Crippen molar-refractivity contribution in [3.05, 3.63) is 58.8 Å². The highest BCUT2D eigenvalue weighted by Crippen LogP contribution is 2.13. The van der Waals surface area contributed by atoms with E-state index in [-0.39, 0.29) is 0 Å². The van der Waals surface area contributed by atoms with Gasteiger partial charge in [-0.3, -0.25) is 0 Å². The maximum absolute atomic E-state index is 5.60. The zero-order valence-corrected chi connectivity index (χ0v) is 11.1. The molecule has 17 heavy (non-hydrogen) atoms. The molecule has 0 unspecified atom stereocenters. The maximum Gasteiger partial charge on any atom is 0.137 e. The van der Waals surface area contributed by atoms with E-state index in [1.807, 2.05) is 18.2 Å². The molecule has 0 aliphatic carbocycles. The standard InChI is InChI=1S/C14H14BrNO/c15-14-9-8-13(11-16-14)17-10-4-7-12-5-2-1-3-6-12/h1-3,5-6,8-9,11H,4,7,10H2. The summed E-state index contributed by atoms with van der Waals surface area (Å²) in [5.74, 6) is 0.821. The van der Waals surface area contributed by atoms with E-state index < -0.39 is 0 Å². The van der Waals surface area contributed by atoms with E-state index in [9.17, 15) is 0 Å². The minimum atomic E-state index is 0.720. The number of nitrogens with zero attached hydrogens (tertiary/aromatic N) is 1. The quantitative estimate of drug-likeness (QED) is 0.617. The first kappa shape index (κ1) is 12.1. The fraction of sp³-hybridized carbons (Fsp3) is 0.214. The van der Waals surface area contributed by atoms with Gasteiger partial charge >= 0.3 is 0 Å². The molecule has 0 bridgehead atoms. The molecule has 0 N–H and O–H groups in total. The molecular formula is C14H14BrNO. The van der Waals surface area contributed by atoms with Crippen molar-refractivity contribution in [2.75, 3.05) is 6.61 Å². The molecule has 0 amide bonds. The highest BCUT2D eigenvalue weighted by molar-refractivity contribution is 9.10. The first-order valence-electron chi connectivity index (χ1n) is 5.63. The van der Waals surface area contributed by atoms with Gasteiger partial charge < -0.3 is 4.74 Å². The van der Waals surface area contributed by atoms with Crippen molar-refractivity contribution in [2.45, 2.75) is 12.8 Å². The van der Waals surface area contributed by atoms with Gasteiger partial charge in [0.2, 0.25) is 0 Å². The number of rotatable bonds is 5. The van der Waals surface area contributed by atoms with Crippen LogP contribution in [-0.4, -0.2) is 11.6 Å². The van der Waals surface area contributed by atoms with Gasteiger partial charge in [0.15, 0.2) is 0 Å². The Morgan fingerprint density at radius 3 is 2.59 bits per heavy atom. The van der Waals surface area contributed by atoms with Crippen LogP contribution in [0.15, 0.2) is 53.3 Å². The predicted molar refractivity (Wildman–Crippen MR) is 72.2 cm³/mol. The van der Waals surface area contributed by atoms with E-state index in [1.165, 1.54) is 5.56 Å². The first-order valence-corrected chi connectivity index (χ1v) is 6.42. The third kappa shape index (κ3) is 4.19. The van der Waals surface area contributed by atoms with Crippen LogP contribution in [0.4, 0.5) is 0 Å². The van der Waals surface area contributed by atoms with Gasteiger partial charge in [0.1, 0.15) is 10.4 Å². The van der Waals surface area contributed by atoms with Crippen LogP contribution in [0.1, 0.15) is 12.0 Å². The third-order valence-electron chi connectivity index (χ3n) is 2.42. The zero-order chi connectivity index (χ0) is 11.9. The number of pyridine rings is 1. The van der Waals surface area contributed by atoms with Crippen molar-refractivity contribution in [1.29, 1.82) is 0 Å². The van der Waals surface area contributed by atoms with Gasteiger partial charge in [-0.05, 0) is 46.5 Å². The zero-order valence-electron chi connectivity index (χ0n) is 9.47. The van der Waals surface area contributed by atoms with Crippen LogP contribution in [0.3, 0.4) is 0 Å². The van der Waals surface area contributed by atoms with Gasteiger partial charge in [0.05, 0.1) is 12.8 Å². The number of aryl methyl sites for hydroxylation is 1. The van der Waals surface area contributed by atoms with Crippen LogP contribution in [0, 0.1) is 0 Å². The minimum absolute atomic E-state index is 0.720. The van der Waals surface area contributed by atoms with E-state index in [4.69, 9.17) is 4.74 Å². The Kier molecular flexibility index (Phi) is 4.56. The lowest BCUT2D eigenvalue weighted by Gasteiger charge is -2.05. The number of ether oxygens (including phenoxy) is 1. The lowest BCUT2D eigenvalue weighted by atomic mass is 10.1. The normalized spacial score (nSPS) is 10.2. The summed E-state index contributed by atoms with van der Waals surface area (Å²) in [6.45, 7) is 0.720. The lowest BCUT2D eigenvalue weighted by molar-refractivity contribution is 0.309. The Morgan fingerprint density at radius 2 is 1.88 bits per heavy atom. The van der Waals surface area contributed by atoms with Crippen LogP contribution >= 0.6 is 15.9 Å². The maximum atomic E-state index is 5.60. The highest BCUT2D eigenvalue weighted by Gasteiger charge is 1.95. The molecule has 3 heteroatoms. The molecule has 0 fully saturated rings. The van der Waals surface area contributed by atoms with Crippen LogP contribution in [0.2, 0.25) is 0 Å². The van der Waals surface area contributed by atoms with Crippen molar-refractivity contribution < 1.29 is 4.74 Å². The summed E-state index contributed by atoms with van der Waals surface area (Å²) < 4.78 is 6.43. The summed E-state index contributed by atoms with van der Waals surface area (Å²) in [5.41, 5.74) is 1.35. The van der Waals surface area contributed by atoms with Gasteiger partial charge in [-0.2, -0.15) is 0 Å². The summed E-state index contributed by atoms with van der Waals surface area (Å²) in [7, 11) is 0. The van der Waals surface area contributed by atoms with Gasteiger partial charge in [-0.15, -0.1) is 0 Å². The third-order valence-corrected chi connectivity index (χ3v) is 2.89. The minimum Gasteiger partial charge on any atom is -0.492 e. The molecule has 0 radical (unpaired) electrons. The van der Waals surface area contributed by atoms with Crippen LogP contribution < -0.4 is 4.74 Å². The Balaban J connectivity index is 1.71. The lowest BCUT2D eigenvalue weighted by Crippen LogP contribution is -1.99. The van der Waals surface area contributed by atoms with E-state index in [2.05, 4.69) is 45.2 Å². The number of hydrogen-bond donors (Lipinski definition) is 0. The molecule has 0 atom stereocenters. The second kappa shape index (κ2) is 6.40. The monoisotopic (exact) mass is 291 g/mol. The second-order valence-corrected chi connectivity index (χ2v) is 4.57. The molecular weight excluding hydrogens is 278 g/mol. The summed E-state index contributed by atoms with van der Waals surface area (Å²) in [4.78, 5) is 4.11. The molecule has 0 spiro atoms. The van der Waals surface area contributed by atoms with Crippen molar-refractivity contribution in [2.24, 2.45) is 0 Å². The molecule has 0 saturated heterocycles. The Morgan fingerprint density at radius 1 is 1.06 bits per heavy atom. The number of hydrogen-bond acceptors (Lipinski definition) is 2. The smallest absolute Gasteiger partial charge is 0.137 e. The fourth-order valence-electron chi connectivity index (χ4n) is 1.56. The van der Waals surface area contributed by atoms with Gasteiger partial charge in [-0.25, -0.2) is 4.98 Å². The summed E-state index contributed by atoms with van der Waals surface area (Å²) in [5, 5.41) is 0. The summed E-state index contributed by atoms with van der Waals surface area (Å²) >= 11 is 3.29. The molecule has 0 saturated carbocycles. The average molecular weight is 292 g/mol. The van der Waals surface area contributed by atoms with Gasteiger partial charge in [-0.1, -0.05) is 30.3 Å². The molecule has 1 aromatic heterocycles. The van der Waals surface area contributed by atoms with Crippen LogP contribution in [0.5, 0.6) is 5.75 Å². The van der Waals surface area contributed by atoms with Crippen molar-refractivity contribution in [3.63, 3.8) is 0 Å². The van der Waals surface area contributed by atoms with Crippen molar-refractivity contribution in [1.82, 2.24) is 4.98 Å². The Labute approximate surface area is 110 Å². The molecule has 2 aromatic rings. The Bertz CT molecular complexity index is 442. The molecule has 1 heterocycles. The van der Waals surface area contributed by atoms with Gasteiger partial charge in [0.25, 0.3) is 0 Å². The van der Waals surface area contributed by atoms with E-state index in [0.717, 1.165) is 29.8 Å². The predicted octanol–water partition coefficient (Wildman–Crippen LogP) is 3.86. The average Bonchev–Trinajstić information content (AvgIpc) is 2.38. The summed E-state index contributed by atoms with van der Waals surface area (Å²) in [6.07, 6.45) is 3.79. The summed E-state index contributed by atoms with van der Waals surface area (Å²) in [6, 6.07) is 14.2. The fourth-order valence-corrected chi connectivity index (χ4v) is 1.79. The second-order valence-electron chi connectivity index (χ2n) is 3.75. The van der Waals surface area contributed by atoms with E-state index >= 15 is 0 Å². The van der Waals surface area contributed by atoms with E-state index in [0.29, 0.717) is 0 Å². The molecule has 88 valence electrons. The van der Waals surface area contributed by atoms with Crippen molar-refractivity contribution in [3.8, 4) is 5.75 Å². The first-order chi connectivity index (χ1) is 8.34. The largest absolute Gasteiger partial charge is 0.492 e. The number of halogens is 1. The number of aromatic nitrogens is 1. The van der Waals surface area contributed by atoms with Gasteiger partial charge in [0, 0.05) is 0 Å². The molecule has 0 aliphatic heterocycles. The topological polar surface area (TPSA) is 22.1 Å². The van der Waals surface area contributed by atoms with E-state index in [1.54, 1.807) is 6.20 Å². The van der Waals surface area contributed by atoms with Crippen LogP contribution in [0.25, 0.3) is 0 Å². The van der Waals surface area contributed by atoms with Crippen molar-refractivity contribution >= 4 is 15.9 Å². The molecule has 2 nitrogen and oxygen atoms in total. The molecule has 1 aromatic carbocycles. The number of benzene rings is 1. The van der Waals surface area contributed by atoms with Crippen LogP contribution in [-0.2, 0) is 6.42 Å². The SMILES string of the molecule is Brc1ccc(OCCCc2ccccc2)cn1. The molecule has 2 rings (SSSR count). The highest BCUT2D eigenvalue weighted by atomic mass is 79.9.